The Labute approximate surface area is 120 Å². The monoisotopic (exact) mass is 281 g/mol. The zero-order valence-electron chi connectivity index (χ0n) is 12.0. The molecule has 2 rings (SSSR count). The highest BCUT2D eigenvalue weighted by atomic mass is 19.1. The zero-order chi connectivity index (χ0) is 14.4. The van der Waals surface area contributed by atoms with E-state index in [4.69, 9.17) is 4.74 Å². The van der Waals surface area contributed by atoms with Crippen LogP contribution in [-0.4, -0.2) is 30.5 Å². The van der Waals surface area contributed by atoms with Gasteiger partial charge in [0.1, 0.15) is 5.82 Å². The van der Waals surface area contributed by atoms with Crippen LogP contribution in [0.4, 0.5) is 4.39 Å². The van der Waals surface area contributed by atoms with Gasteiger partial charge in [-0.05, 0) is 37.5 Å². The van der Waals surface area contributed by atoms with Gasteiger partial charge in [-0.2, -0.15) is 0 Å². The van der Waals surface area contributed by atoms with Gasteiger partial charge in [0, 0.05) is 12.6 Å². The second-order valence-electron chi connectivity index (χ2n) is 5.58. The number of hydrogen-bond acceptors (Lipinski definition) is 3. The maximum atomic E-state index is 12.8. The van der Waals surface area contributed by atoms with Crippen molar-refractivity contribution in [1.82, 2.24) is 5.32 Å². The molecule has 112 valence electrons. The fourth-order valence-corrected chi connectivity index (χ4v) is 2.54. The van der Waals surface area contributed by atoms with E-state index in [0.717, 1.165) is 18.4 Å². The number of aliphatic hydroxyl groups is 1. The van der Waals surface area contributed by atoms with E-state index in [9.17, 15) is 9.50 Å². The molecule has 4 heteroatoms. The van der Waals surface area contributed by atoms with Crippen molar-refractivity contribution in [2.45, 2.75) is 50.9 Å². The second kappa shape index (κ2) is 7.72. The highest BCUT2D eigenvalue weighted by Gasteiger charge is 2.17. The minimum absolute atomic E-state index is 0.0803. The molecule has 0 spiro atoms. The molecule has 1 fully saturated rings. The summed E-state index contributed by atoms with van der Waals surface area (Å²) in [7, 11) is 0. The summed E-state index contributed by atoms with van der Waals surface area (Å²) in [5.41, 5.74) is 1.01. The number of rotatable bonds is 7. The number of benzene rings is 1. The maximum absolute atomic E-state index is 12.8. The van der Waals surface area contributed by atoms with E-state index in [1.165, 1.54) is 25.0 Å². The van der Waals surface area contributed by atoms with Crippen LogP contribution in [0.15, 0.2) is 24.3 Å². The maximum Gasteiger partial charge on any atom is 0.123 e. The minimum atomic E-state index is -0.501. The van der Waals surface area contributed by atoms with Crippen LogP contribution in [-0.2, 0) is 4.74 Å². The van der Waals surface area contributed by atoms with Gasteiger partial charge in [0.2, 0.25) is 0 Å². The average Bonchev–Trinajstić information content (AvgIpc) is 2.96. The first-order valence-electron chi connectivity index (χ1n) is 7.43. The molecule has 0 radical (unpaired) electrons. The lowest BCUT2D eigenvalue weighted by Gasteiger charge is -2.19. The summed E-state index contributed by atoms with van der Waals surface area (Å²) in [6.07, 6.45) is 4.54. The third-order valence-electron chi connectivity index (χ3n) is 3.86. The Bertz CT molecular complexity index is 390. The standard InChI is InChI=1S/C16H24FNO2/c1-12(13-6-8-14(17)9-7-13)18-10-15(19)11-20-16-4-2-3-5-16/h6-9,12,15-16,18-19H,2-5,10-11H2,1H3. The smallest absolute Gasteiger partial charge is 0.123 e. The van der Waals surface area contributed by atoms with Gasteiger partial charge in [-0.25, -0.2) is 4.39 Å². The molecular weight excluding hydrogens is 257 g/mol. The van der Waals surface area contributed by atoms with E-state index in [2.05, 4.69) is 5.32 Å². The molecule has 1 aliphatic carbocycles. The molecule has 0 aliphatic heterocycles. The van der Waals surface area contributed by atoms with Gasteiger partial charge in [0.05, 0.1) is 18.8 Å². The van der Waals surface area contributed by atoms with Crippen LogP contribution in [0.3, 0.4) is 0 Å². The molecule has 0 aromatic heterocycles. The molecule has 0 bridgehead atoms. The molecule has 3 nitrogen and oxygen atoms in total. The summed E-state index contributed by atoms with van der Waals surface area (Å²) >= 11 is 0. The average molecular weight is 281 g/mol. The molecule has 0 saturated heterocycles. The summed E-state index contributed by atoms with van der Waals surface area (Å²) in [4.78, 5) is 0. The Balaban J connectivity index is 1.66. The van der Waals surface area contributed by atoms with E-state index in [-0.39, 0.29) is 11.9 Å². The van der Waals surface area contributed by atoms with Crippen molar-refractivity contribution in [2.24, 2.45) is 0 Å². The van der Waals surface area contributed by atoms with Crippen molar-refractivity contribution in [3.63, 3.8) is 0 Å². The first-order chi connectivity index (χ1) is 9.65. The third-order valence-corrected chi connectivity index (χ3v) is 3.86. The SMILES string of the molecule is CC(NCC(O)COC1CCCC1)c1ccc(F)cc1. The van der Waals surface area contributed by atoms with Crippen LogP contribution in [0.1, 0.15) is 44.2 Å². The first kappa shape index (κ1) is 15.4. The third kappa shape index (κ3) is 4.85. The Kier molecular flexibility index (Phi) is 5.95. The molecule has 0 amide bonds. The Morgan fingerprint density at radius 2 is 1.95 bits per heavy atom. The molecule has 2 N–H and O–H groups in total. The Hall–Kier alpha value is -0.970. The lowest BCUT2D eigenvalue weighted by molar-refractivity contribution is -0.00610. The van der Waals surface area contributed by atoms with Crippen molar-refractivity contribution < 1.29 is 14.2 Å². The molecule has 0 heterocycles. The van der Waals surface area contributed by atoms with Gasteiger partial charge in [0.25, 0.3) is 0 Å². The van der Waals surface area contributed by atoms with Crippen LogP contribution >= 0.6 is 0 Å². The number of hydrogen-bond donors (Lipinski definition) is 2. The van der Waals surface area contributed by atoms with Gasteiger partial charge in [-0.1, -0.05) is 25.0 Å². The highest BCUT2D eigenvalue weighted by Crippen LogP contribution is 2.21. The van der Waals surface area contributed by atoms with E-state index < -0.39 is 6.10 Å². The quantitative estimate of drug-likeness (QED) is 0.807. The normalized spacial score (nSPS) is 19.1. The Morgan fingerprint density at radius 1 is 1.30 bits per heavy atom. The van der Waals surface area contributed by atoms with Crippen LogP contribution in [0.25, 0.3) is 0 Å². The van der Waals surface area contributed by atoms with Crippen molar-refractivity contribution in [3.05, 3.63) is 35.6 Å². The van der Waals surface area contributed by atoms with Gasteiger partial charge < -0.3 is 15.2 Å². The fourth-order valence-electron chi connectivity index (χ4n) is 2.54. The molecule has 1 aromatic rings. The van der Waals surface area contributed by atoms with Gasteiger partial charge in [-0.15, -0.1) is 0 Å². The topological polar surface area (TPSA) is 41.5 Å². The fraction of sp³-hybridized carbons (Fsp3) is 0.625. The molecule has 1 aromatic carbocycles. The molecule has 2 atom stereocenters. The summed E-state index contributed by atoms with van der Waals surface area (Å²) in [6, 6.07) is 6.50. The summed E-state index contributed by atoms with van der Waals surface area (Å²) < 4.78 is 18.5. The first-order valence-corrected chi connectivity index (χ1v) is 7.43. The lowest BCUT2D eigenvalue weighted by atomic mass is 10.1. The van der Waals surface area contributed by atoms with Crippen molar-refractivity contribution in [1.29, 1.82) is 0 Å². The van der Waals surface area contributed by atoms with Gasteiger partial charge >= 0.3 is 0 Å². The zero-order valence-corrected chi connectivity index (χ0v) is 12.0. The summed E-state index contributed by atoms with van der Waals surface area (Å²) in [6.45, 7) is 2.86. The van der Waals surface area contributed by atoms with E-state index in [0.29, 0.717) is 19.3 Å². The number of halogens is 1. The molecule has 1 saturated carbocycles. The van der Waals surface area contributed by atoms with Gasteiger partial charge in [0.15, 0.2) is 0 Å². The second-order valence-corrected chi connectivity index (χ2v) is 5.58. The van der Waals surface area contributed by atoms with Crippen molar-refractivity contribution in [2.75, 3.05) is 13.2 Å². The lowest BCUT2D eigenvalue weighted by Crippen LogP contribution is -2.33. The molecule has 1 aliphatic rings. The molecular formula is C16H24FNO2. The van der Waals surface area contributed by atoms with Crippen molar-refractivity contribution in [3.8, 4) is 0 Å². The number of nitrogens with one attached hydrogen (secondary N) is 1. The van der Waals surface area contributed by atoms with E-state index in [1.807, 2.05) is 6.92 Å². The number of ether oxygens (including phenoxy) is 1. The summed E-state index contributed by atoms with van der Waals surface area (Å²) in [5.74, 6) is -0.231. The van der Waals surface area contributed by atoms with E-state index >= 15 is 0 Å². The van der Waals surface area contributed by atoms with Crippen molar-refractivity contribution >= 4 is 0 Å². The van der Waals surface area contributed by atoms with Crippen LogP contribution < -0.4 is 5.32 Å². The predicted molar refractivity (Wildman–Crippen MR) is 77.0 cm³/mol. The molecule has 20 heavy (non-hydrogen) atoms. The Morgan fingerprint density at radius 3 is 2.60 bits per heavy atom. The van der Waals surface area contributed by atoms with Crippen LogP contribution in [0, 0.1) is 5.82 Å². The predicted octanol–water partition coefficient (Wildman–Crippen LogP) is 2.80. The highest BCUT2D eigenvalue weighted by molar-refractivity contribution is 5.19. The number of aliphatic hydroxyl groups excluding tert-OH is 1. The van der Waals surface area contributed by atoms with Crippen LogP contribution in [0.5, 0.6) is 0 Å². The van der Waals surface area contributed by atoms with Crippen LogP contribution in [0.2, 0.25) is 0 Å². The van der Waals surface area contributed by atoms with Gasteiger partial charge in [-0.3, -0.25) is 0 Å². The largest absolute Gasteiger partial charge is 0.389 e. The minimum Gasteiger partial charge on any atom is -0.389 e. The molecule has 2 unspecified atom stereocenters. The summed E-state index contributed by atoms with van der Waals surface area (Å²) in [5, 5.41) is 13.1. The van der Waals surface area contributed by atoms with E-state index in [1.54, 1.807) is 12.1 Å².